The molecule has 0 fully saturated rings. The van der Waals surface area contributed by atoms with Crippen molar-refractivity contribution in [3.05, 3.63) is 54.2 Å². The molecule has 0 saturated heterocycles. The van der Waals surface area contributed by atoms with Crippen LogP contribution in [0, 0.1) is 0 Å². The summed E-state index contributed by atoms with van der Waals surface area (Å²) >= 11 is 0. The van der Waals surface area contributed by atoms with Gasteiger partial charge in [0.25, 0.3) is 5.91 Å². The van der Waals surface area contributed by atoms with E-state index in [2.05, 4.69) is 20.3 Å². The molecule has 3 rings (SSSR count). The average molecular weight is 303 g/mol. The number of carbonyl (C=O) groups excluding carboxylic acids is 1. The molecular weight excluding hydrogens is 292 g/mol. The molecule has 1 amide bonds. The summed E-state index contributed by atoms with van der Waals surface area (Å²) in [5.74, 6) is -0.476. The number of aromatic amines is 1. The first-order valence-electron chi connectivity index (χ1n) is 6.41. The summed E-state index contributed by atoms with van der Waals surface area (Å²) in [6.45, 7) is -2.93. The van der Waals surface area contributed by atoms with Crippen molar-refractivity contribution >= 4 is 22.5 Å². The molecule has 0 aliphatic rings. The Kier molecular flexibility index (Phi) is 3.69. The quantitative estimate of drug-likeness (QED) is 0.776. The number of fused-ring (bicyclic) bond motifs is 1. The Bertz CT molecular complexity index is 817. The number of nitrogens with one attached hydrogen (secondary N) is 2. The van der Waals surface area contributed by atoms with Gasteiger partial charge in [-0.05, 0) is 36.4 Å². The number of benzene rings is 2. The molecule has 1 heterocycles. The SMILES string of the molecule is O=C(Nc1ccc2[nH]ncc2c1)c1cccc(OC(F)F)c1. The normalized spacial score (nSPS) is 10.9. The predicted molar refractivity (Wildman–Crippen MR) is 77.1 cm³/mol. The highest BCUT2D eigenvalue weighted by Crippen LogP contribution is 2.19. The van der Waals surface area contributed by atoms with E-state index in [4.69, 9.17) is 0 Å². The minimum absolute atomic E-state index is 0.0621. The fourth-order valence-electron chi connectivity index (χ4n) is 2.04. The summed E-state index contributed by atoms with van der Waals surface area (Å²) < 4.78 is 28.6. The molecule has 0 bridgehead atoms. The van der Waals surface area contributed by atoms with Gasteiger partial charge in [-0.3, -0.25) is 9.89 Å². The van der Waals surface area contributed by atoms with E-state index in [9.17, 15) is 13.6 Å². The van der Waals surface area contributed by atoms with Crippen LogP contribution in [0.2, 0.25) is 0 Å². The molecule has 0 spiro atoms. The molecule has 0 unspecified atom stereocenters. The summed E-state index contributed by atoms with van der Waals surface area (Å²) in [4.78, 5) is 12.1. The first-order chi connectivity index (χ1) is 10.6. The number of anilines is 1. The highest BCUT2D eigenvalue weighted by Gasteiger charge is 2.10. The van der Waals surface area contributed by atoms with E-state index in [0.29, 0.717) is 5.69 Å². The molecule has 0 radical (unpaired) electrons. The van der Waals surface area contributed by atoms with E-state index in [1.54, 1.807) is 24.4 Å². The van der Waals surface area contributed by atoms with Crippen LogP contribution in [0.4, 0.5) is 14.5 Å². The lowest BCUT2D eigenvalue weighted by molar-refractivity contribution is -0.0498. The van der Waals surface area contributed by atoms with Crippen LogP contribution < -0.4 is 10.1 Å². The van der Waals surface area contributed by atoms with Crippen molar-refractivity contribution < 1.29 is 18.3 Å². The second kappa shape index (κ2) is 5.80. The van der Waals surface area contributed by atoms with Crippen molar-refractivity contribution in [2.75, 3.05) is 5.32 Å². The van der Waals surface area contributed by atoms with Crippen molar-refractivity contribution in [1.29, 1.82) is 0 Å². The number of amides is 1. The minimum atomic E-state index is -2.93. The number of aromatic nitrogens is 2. The van der Waals surface area contributed by atoms with Gasteiger partial charge in [0.1, 0.15) is 5.75 Å². The molecule has 7 heteroatoms. The Morgan fingerprint density at radius 2 is 2.09 bits per heavy atom. The van der Waals surface area contributed by atoms with Crippen LogP contribution in [0.15, 0.2) is 48.7 Å². The molecule has 2 N–H and O–H groups in total. The number of H-pyrrole nitrogens is 1. The Balaban J connectivity index is 1.78. The second-order valence-electron chi connectivity index (χ2n) is 4.53. The smallest absolute Gasteiger partial charge is 0.387 e. The van der Waals surface area contributed by atoms with E-state index < -0.39 is 12.5 Å². The number of hydrogen-bond acceptors (Lipinski definition) is 3. The largest absolute Gasteiger partial charge is 0.435 e. The van der Waals surface area contributed by atoms with E-state index >= 15 is 0 Å². The van der Waals surface area contributed by atoms with Gasteiger partial charge in [-0.1, -0.05) is 6.07 Å². The topological polar surface area (TPSA) is 67.0 Å². The van der Waals surface area contributed by atoms with Gasteiger partial charge >= 0.3 is 6.61 Å². The molecule has 22 heavy (non-hydrogen) atoms. The maximum atomic E-state index is 12.2. The first-order valence-corrected chi connectivity index (χ1v) is 6.41. The Morgan fingerprint density at radius 3 is 2.91 bits per heavy atom. The van der Waals surface area contributed by atoms with Gasteiger partial charge in [0, 0.05) is 16.6 Å². The van der Waals surface area contributed by atoms with E-state index in [0.717, 1.165) is 10.9 Å². The van der Waals surface area contributed by atoms with Gasteiger partial charge in [0.15, 0.2) is 0 Å². The van der Waals surface area contributed by atoms with Gasteiger partial charge < -0.3 is 10.1 Å². The standard InChI is InChI=1S/C15H11F2N3O2/c16-15(17)22-12-3-1-2-9(7-12)14(21)19-11-4-5-13-10(6-11)8-18-20-13/h1-8,15H,(H,18,20)(H,19,21). The van der Waals surface area contributed by atoms with Gasteiger partial charge in [-0.25, -0.2) is 0 Å². The third-order valence-electron chi connectivity index (χ3n) is 3.02. The Labute approximate surface area is 123 Å². The molecule has 112 valence electrons. The second-order valence-corrected chi connectivity index (χ2v) is 4.53. The van der Waals surface area contributed by atoms with Crippen LogP contribution in [0.25, 0.3) is 10.9 Å². The molecule has 3 aromatic rings. The number of alkyl halides is 2. The van der Waals surface area contributed by atoms with Crippen molar-refractivity contribution in [2.24, 2.45) is 0 Å². The lowest BCUT2D eigenvalue weighted by Gasteiger charge is -2.08. The molecule has 0 saturated carbocycles. The zero-order valence-electron chi connectivity index (χ0n) is 11.2. The van der Waals surface area contributed by atoms with Gasteiger partial charge in [-0.2, -0.15) is 13.9 Å². The maximum absolute atomic E-state index is 12.2. The lowest BCUT2D eigenvalue weighted by Crippen LogP contribution is -2.12. The molecule has 0 aliphatic heterocycles. The number of carbonyl (C=O) groups is 1. The van der Waals surface area contributed by atoms with Crippen LogP contribution >= 0.6 is 0 Å². The van der Waals surface area contributed by atoms with E-state index in [1.165, 1.54) is 24.3 Å². The van der Waals surface area contributed by atoms with Crippen molar-refractivity contribution in [2.45, 2.75) is 6.61 Å². The third-order valence-corrected chi connectivity index (χ3v) is 3.02. The van der Waals surface area contributed by atoms with Crippen LogP contribution in [0.5, 0.6) is 5.75 Å². The van der Waals surface area contributed by atoms with Crippen LogP contribution in [-0.4, -0.2) is 22.7 Å². The predicted octanol–water partition coefficient (Wildman–Crippen LogP) is 3.42. The Hall–Kier alpha value is -2.96. The monoisotopic (exact) mass is 303 g/mol. The summed E-state index contributed by atoms with van der Waals surface area (Å²) in [5, 5.41) is 10.3. The molecule has 0 aliphatic carbocycles. The van der Waals surface area contributed by atoms with Crippen LogP contribution in [0.3, 0.4) is 0 Å². The van der Waals surface area contributed by atoms with Crippen LogP contribution in [-0.2, 0) is 0 Å². The maximum Gasteiger partial charge on any atom is 0.387 e. The third kappa shape index (κ3) is 3.03. The highest BCUT2D eigenvalue weighted by atomic mass is 19.3. The molecule has 1 aromatic heterocycles. The lowest BCUT2D eigenvalue weighted by atomic mass is 10.2. The van der Waals surface area contributed by atoms with Gasteiger partial charge in [0.05, 0.1) is 11.7 Å². The zero-order valence-corrected chi connectivity index (χ0v) is 11.2. The zero-order chi connectivity index (χ0) is 15.5. The molecule has 5 nitrogen and oxygen atoms in total. The van der Waals surface area contributed by atoms with Crippen molar-refractivity contribution in [3.63, 3.8) is 0 Å². The molecule has 2 aromatic carbocycles. The number of rotatable bonds is 4. The summed E-state index contributed by atoms with van der Waals surface area (Å²) in [6.07, 6.45) is 1.64. The van der Waals surface area contributed by atoms with E-state index in [1.807, 2.05) is 0 Å². The fourth-order valence-corrected chi connectivity index (χ4v) is 2.04. The molecule has 0 atom stereocenters. The number of nitrogens with zero attached hydrogens (tertiary/aromatic N) is 1. The van der Waals surface area contributed by atoms with Crippen molar-refractivity contribution in [3.8, 4) is 5.75 Å². The highest BCUT2D eigenvalue weighted by molar-refractivity contribution is 6.05. The first kappa shape index (κ1) is 14.0. The van der Waals surface area contributed by atoms with Crippen molar-refractivity contribution in [1.82, 2.24) is 10.2 Å². The summed E-state index contributed by atoms with van der Waals surface area (Å²) in [5.41, 5.74) is 1.66. The van der Waals surface area contributed by atoms with E-state index in [-0.39, 0.29) is 11.3 Å². The number of hydrogen-bond donors (Lipinski definition) is 2. The summed E-state index contributed by atoms with van der Waals surface area (Å²) in [6, 6.07) is 10.9. The minimum Gasteiger partial charge on any atom is -0.435 e. The van der Waals surface area contributed by atoms with Gasteiger partial charge in [-0.15, -0.1) is 0 Å². The number of ether oxygens (including phenoxy) is 1. The molecular formula is C15H11F2N3O2. The average Bonchev–Trinajstić information content (AvgIpc) is 2.94. The summed E-state index contributed by atoms with van der Waals surface area (Å²) in [7, 11) is 0. The number of halogens is 2. The Morgan fingerprint density at radius 1 is 1.23 bits per heavy atom. The van der Waals surface area contributed by atoms with Crippen LogP contribution in [0.1, 0.15) is 10.4 Å². The van der Waals surface area contributed by atoms with Gasteiger partial charge in [0.2, 0.25) is 0 Å². The fraction of sp³-hybridized carbons (Fsp3) is 0.0667.